The average Bonchev–Trinajstić information content (AvgIpc) is 3.02. The maximum Gasteiger partial charge on any atom is 0.292 e. The van der Waals surface area contributed by atoms with Crippen LogP contribution in [-0.2, 0) is 6.67 Å². The molecule has 2 heterocycles. The van der Waals surface area contributed by atoms with Crippen molar-refractivity contribution in [1.29, 1.82) is 0 Å². The molecule has 7 heteroatoms. The molecule has 25 heavy (non-hydrogen) atoms. The first-order chi connectivity index (χ1) is 12.1. The smallest absolute Gasteiger partial charge is 0.292 e. The van der Waals surface area contributed by atoms with E-state index in [9.17, 15) is 0 Å². The van der Waals surface area contributed by atoms with E-state index in [0.717, 1.165) is 18.8 Å². The van der Waals surface area contributed by atoms with Crippen molar-refractivity contribution in [3.63, 3.8) is 0 Å². The maximum absolute atomic E-state index is 5.75. The molecule has 1 aliphatic heterocycles. The standard InChI is InChI=1S/C18H25N3O3S/c1-4-14-7-5-6-8-20(14)12-21-18(25)24-17(19-21)13-9-15(22-2)11-16(10-13)23-3/h9-11,14H,4-8,12H2,1-3H3/p+1/t14-/m0/s1. The van der Waals surface area contributed by atoms with Gasteiger partial charge in [0.25, 0.3) is 4.84 Å². The van der Waals surface area contributed by atoms with Gasteiger partial charge in [0.2, 0.25) is 5.89 Å². The Morgan fingerprint density at radius 3 is 2.60 bits per heavy atom. The summed E-state index contributed by atoms with van der Waals surface area (Å²) < 4.78 is 18.2. The molecule has 0 aliphatic carbocycles. The van der Waals surface area contributed by atoms with Gasteiger partial charge in [0.1, 0.15) is 11.5 Å². The molecule has 1 N–H and O–H groups in total. The van der Waals surface area contributed by atoms with Gasteiger partial charge in [-0.15, -0.1) is 5.10 Å². The van der Waals surface area contributed by atoms with E-state index in [4.69, 9.17) is 26.1 Å². The summed E-state index contributed by atoms with van der Waals surface area (Å²) in [6.45, 7) is 4.17. The molecule has 1 fully saturated rings. The Hall–Kier alpha value is -1.86. The van der Waals surface area contributed by atoms with Gasteiger partial charge >= 0.3 is 0 Å². The molecule has 1 aromatic heterocycles. The van der Waals surface area contributed by atoms with Gasteiger partial charge in [0.15, 0.2) is 6.67 Å². The number of piperidine rings is 1. The first-order valence-corrected chi connectivity index (χ1v) is 9.21. The van der Waals surface area contributed by atoms with Gasteiger partial charge < -0.3 is 18.8 Å². The van der Waals surface area contributed by atoms with E-state index in [2.05, 4.69) is 12.0 Å². The Morgan fingerprint density at radius 2 is 1.96 bits per heavy atom. The predicted octanol–water partition coefficient (Wildman–Crippen LogP) is 2.69. The van der Waals surface area contributed by atoms with Crippen LogP contribution in [0.2, 0.25) is 0 Å². The third-order valence-corrected chi connectivity index (χ3v) is 5.22. The highest BCUT2D eigenvalue weighted by Crippen LogP contribution is 2.28. The number of hydrogen-bond acceptors (Lipinski definition) is 5. The molecule has 6 nitrogen and oxygen atoms in total. The lowest BCUT2D eigenvalue weighted by Gasteiger charge is -2.31. The van der Waals surface area contributed by atoms with Crippen LogP contribution in [-0.4, -0.2) is 36.6 Å². The van der Waals surface area contributed by atoms with E-state index < -0.39 is 0 Å². The molecule has 136 valence electrons. The Balaban J connectivity index is 1.86. The third kappa shape index (κ3) is 4.04. The van der Waals surface area contributed by atoms with Gasteiger partial charge in [-0.2, -0.15) is 4.68 Å². The summed E-state index contributed by atoms with van der Waals surface area (Å²) in [7, 11) is 3.24. The van der Waals surface area contributed by atoms with Crippen molar-refractivity contribution in [2.45, 2.75) is 45.3 Å². The highest BCUT2D eigenvalue weighted by molar-refractivity contribution is 7.71. The number of aromatic nitrogens is 2. The number of ether oxygens (including phenoxy) is 2. The molecule has 0 spiro atoms. The largest absolute Gasteiger partial charge is 0.497 e. The summed E-state index contributed by atoms with van der Waals surface area (Å²) >= 11 is 5.40. The molecule has 0 amide bonds. The van der Waals surface area contributed by atoms with E-state index in [0.29, 0.717) is 28.3 Å². The van der Waals surface area contributed by atoms with E-state index in [-0.39, 0.29) is 0 Å². The van der Waals surface area contributed by atoms with Crippen LogP contribution in [0.25, 0.3) is 11.5 Å². The average molecular weight is 364 g/mol. The minimum absolute atomic E-state index is 0.407. The van der Waals surface area contributed by atoms with Gasteiger partial charge in [0.05, 0.1) is 26.8 Å². The molecule has 1 aromatic carbocycles. The van der Waals surface area contributed by atoms with Crippen molar-refractivity contribution in [3.05, 3.63) is 23.0 Å². The molecule has 0 radical (unpaired) electrons. The van der Waals surface area contributed by atoms with Crippen molar-refractivity contribution < 1.29 is 18.8 Å². The summed E-state index contributed by atoms with van der Waals surface area (Å²) in [6.07, 6.45) is 5.04. The van der Waals surface area contributed by atoms with Crippen LogP contribution < -0.4 is 14.4 Å². The molecule has 2 atom stereocenters. The normalized spacial score (nSPS) is 20.4. The number of rotatable bonds is 6. The van der Waals surface area contributed by atoms with Gasteiger partial charge in [-0.1, -0.05) is 6.92 Å². The number of methoxy groups -OCH3 is 2. The fraction of sp³-hybridized carbons (Fsp3) is 0.556. The Labute approximate surface area is 153 Å². The number of nitrogens with one attached hydrogen (secondary N) is 1. The summed E-state index contributed by atoms with van der Waals surface area (Å²) in [5, 5.41) is 4.61. The van der Waals surface area contributed by atoms with E-state index in [1.54, 1.807) is 18.9 Å². The van der Waals surface area contributed by atoms with Crippen molar-refractivity contribution in [2.75, 3.05) is 20.8 Å². The monoisotopic (exact) mass is 364 g/mol. The number of quaternary nitrogens is 1. The molecule has 3 rings (SSSR count). The van der Waals surface area contributed by atoms with Crippen LogP contribution in [0.5, 0.6) is 11.5 Å². The quantitative estimate of drug-likeness (QED) is 0.799. The minimum atomic E-state index is 0.407. The molecule has 2 aromatic rings. The second-order valence-electron chi connectivity index (χ2n) is 6.44. The Morgan fingerprint density at radius 1 is 1.24 bits per heavy atom. The molecule has 0 bridgehead atoms. The van der Waals surface area contributed by atoms with Crippen molar-refractivity contribution in [3.8, 4) is 23.0 Å². The van der Waals surface area contributed by atoms with E-state index >= 15 is 0 Å². The van der Waals surface area contributed by atoms with Crippen LogP contribution >= 0.6 is 12.2 Å². The zero-order valence-corrected chi connectivity index (χ0v) is 15.9. The van der Waals surface area contributed by atoms with Crippen LogP contribution in [0.1, 0.15) is 32.6 Å². The van der Waals surface area contributed by atoms with Crippen LogP contribution in [0.3, 0.4) is 0 Å². The van der Waals surface area contributed by atoms with Gasteiger partial charge in [-0.05, 0) is 50.0 Å². The van der Waals surface area contributed by atoms with Gasteiger partial charge in [0, 0.05) is 11.6 Å². The second kappa shape index (κ2) is 8.01. The first-order valence-electron chi connectivity index (χ1n) is 8.80. The fourth-order valence-corrected chi connectivity index (χ4v) is 3.68. The third-order valence-electron chi connectivity index (χ3n) is 4.93. The van der Waals surface area contributed by atoms with Gasteiger partial charge in [-0.25, -0.2) is 0 Å². The SMILES string of the molecule is CC[C@H]1CCCC[NH+]1Cn1nc(-c2cc(OC)cc(OC)c2)oc1=S. The minimum Gasteiger partial charge on any atom is -0.497 e. The fourth-order valence-electron chi connectivity index (χ4n) is 3.50. The first kappa shape index (κ1) is 17.9. The molecule has 0 saturated carbocycles. The van der Waals surface area contributed by atoms with Crippen molar-refractivity contribution >= 4 is 12.2 Å². The highest BCUT2D eigenvalue weighted by atomic mass is 32.1. The van der Waals surface area contributed by atoms with E-state index in [1.165, 1.54) is 30.6 Å². The number of likely N-dealkylation sites (tertiary alicyclic amines) is 1. The summed E-state index contributed by atoms with van der Waals surface area (Å²) in [5.41, 5.74) is 0.793. The van der Waals surface area contributed by atoms with Gasteiger partial charge in [-0.3, -0.25) is 0 Å². The maximum atomic E-state index is 5.75. The number of nitrogens with zero attached hydrogens (tertiary/aromatic N) is 2. The molecule has 1 aliphatic rings. The Bertz CT molecular complexity index is 749. The molecule has 1 saturated heterocycles. The zero-order chi connectivity index (χ0) is 17.8. The second-order valence-corrected chi connectivity index (χ2v) is 6.79. The lowest BCUT2D eigenvalue weighted by Crippen LogP contribution is -3.15. The lowest BCUT2D eigenvalue weighted by molar-refractivity contribution is -0.953. The zero-order valence-electron chi connectivity index (χ0n) is 15.1. The summed E-state index contributed by atoms with van der Waals surface area (Å²) in [5.74, 6) is 1.88. The van der Waals surface area contributed by atoms with Crippen LogP contribution in [0, 0.1) is 4.84 Å². The molecule has 1 unspecified atom stereocenters. The Kier molecular flexibility index (Phi) is 5.75. The topological polar surface area (TPSA) is 53.9 Å². The molecular formula is C18H26N3O3S+. The highest BCUT2D eigenvalue weighted by Gasteiger charge is 2.25. The summed E-state index contributed by atoms with van der Waals surface area (Å²) in [4.78, 5) is 1.94. The lowest BCUT2D eigenvalue weighted by atomic mass is 10.0. The number of benzene rings is 1. The summed E-state index contributed by atoms with van der Waals surface area (Å²) in [6, 6.07) is 6.23. The van der Waals surface area contributed by atoms with Crippen molar-refractivity contribution in [1.82, 2.24) is 9.78 Å². The number of hydrogen-bond donors (Lipinski definition) is 1. The van der Waals surface area contributed by atoms with E-state index in [1.807, 2.05) is 18.2 Å². The molecular weight excluding hydrogens is 338 g/mol. The predicted molar refractivity (Wildman–Crippen MR) is 97.6 cm³/mol. The van der Waals surface area contributed by atoms with Crippen LogP contribution in [0.4, 0.5) is 0 Å². The van der Waals surface area contributed by atoms with Crippen molar-refractivity contribution in [2.24, 2.45) is 0 Å². The van der Waals surface area contributed by atoms with Crippen LogP contribution in [0.15, 0.2) is 22.6 Å².